The highest BCUT2D eigenvalue weighted by Gasteiger charge is 2.42. The topological polar surface area (TPSA) is 66.5 Å². The average Bonchev–Trinajstić information content (AvgIpc) is 2.70. The first-order valence-electron chi connectivity index (χ1n) is 5.50. The molecule has 0 saturated carbocycles. The van der Waals surface area contributed by atoms with Crippen molar-refractivity contribution in [2.24, 2.45) is 0 Å². The molecule has 0 spiro atoms. The first-order chi connectivity index (χ1) is 7.59. The molecule has 90 valence electrons. The van der Waals surface area contributed by atoms with Gasteiger partial charge in [0.2, 0.25) is 11.8 Å². The molecule has 0 aromatic carbocycles. The van der Waals surface area contributed by atoms with Gasteiger partial charge in [-0.1, -0.05) is 0 Å². The van der Waals surface area contributed by atoms with Gasteiger partial charge >= 0.3 is 0 Å². The van der Waals surface area contributed by atoms with Crippen LogP contribution in [-0.2, 0) is 20.4 Å². The number of hydrogen-bond donors (Lipinski definition) is 1. The predicted molar refractivity (Wildman–Crippen MR) is 60.2 cm³/mol. The molecule has 0 bridgehead atoms. The number of amides is 2. The number of nitrogens with one attached hydrogen (secondary N) is 1. The van der Waals surface area contributed by atoms with Gasteiger partial charge in [-0.2, -0.15) is 0 Å². The van der Waals surface area contributed by atoms with Crippen molar-refractivity contribution >= 4 is 22.6 Å². The van der Waals surface area contributed by atoms with Crippen LogP contribution in [0.15, 0.2) is 0 Å². The summed E-state index contributed by atoms with van der Waals surface area (Å²) >= 11 is 0. The normalized spacial score (nSPS) is 31.2. The minimum Gasteiger partial charge on any atom is -0.342 e. The maximum absolute atomic E-state index is 12.0. The van der Waals surface area contributed by atoms with Gasteiger partial charge in [-0.25, -0.2) is 0 Å². The molecule has 3 atom stereocenters. The van der Waals surface area contributed by atoms with E-state index in [0.29, 0.717) is 18.7 Å². The molecule has 0 aliphatic carbocycles. The first kappa shape index (κ1) is 11.6. The lowest BCUT2D eigenvalue weighted by Gasteiger charge is -2.34. The molecule has 2 rings (SSSR count). The fourth-order valence-corrected chi connectivity index (χ4v) is 2.88. The van der Waals surface area contributed by atoms with Crippen molar-refractivity contribution in [2.75, 3.05) is 18.6 Å². The molecule has 3 unspecified atom stereocenters. The van der Waals surface area contributed by atoms with E-state index in [0.717, 1.165) is 12.8 Å². The monoisotopic (exact) mass is 244 g/mol. The Labute approximate surface area is 97.0 Å². The molecule has 16 heavy (non-hydrogen) atoms. The van der Waals surface area contributed by atoms with E-state index in [1.54, 1.807) is 11.2 Å². The van der Waals surface area contributed by atoms with E-state index in [9.17, 15) is 13.8 Å². The molecule has 2 fully saturated rings. The molecular formula is C10H16N2O3S. The van der Waals surface area contributed by atoms with Crippen molar-refractivity contribution in [1.82, 2.24) is 10.2 Å². The van der Waals surface area contributed by atoms with Gasteiger partial charge in [0.25, 0.3) is 0 Å². The summed E-state index contributed by atoms with van der Waals surface area (Å²) in [5.74, 6) is 0.395. The van der Waals surface area contributed by atoms with E-state index in [4.69, 9.17) is 0 Å². The highest BCUT2D eigenvalue weighted by Crippen LogP contribution is 2.22. The van der Waals surface area contributed by atoms with Gasteiger partial charge < -0.3 is 10.2 Å². The van der Waals surface area contributed by atoms with Crippen LogP contribution in [0.3, 0.4) is 0 Å². The van der Waals surface area contributed by atoms with Gasteiger partial charge in [-0.15, -0.1) is 0 Å². The molecule has 2 aliphatic rings. The van der Waals surface area contributed by atoms with E-state index in [1.807, 2.05) is 0 Å². The quantitative estimate of drug-likeness (QED) is 0.710. The van der Waals surface area contributed by atoms with Gasteiger partial charge in [0.1, 0.15) is 12.1 Å². The third-order valence-corrected chi connectivity index (χ3v) is 3.96. The summed E-state index contributed by atoms with van der Waals surface area (Å²) in [6.45, 7) is 0.683. The summed E-state index contributed by atoms with van der Waals surface area (Å²) in [5, 5.41) is 2.73. The van der Waals surface area contributed by atoms with Gasteiger partial charge in [0.15, 0.2) is 0 Å². The van der Waals surface area contributed by atoms with Crippen molar-refractivity contribution in [3.63, 3.8) is 0 Å². The van der Waals surface area contributed by atoms with E-state index < -0.39 is 16.8 Å². The fraction of sp³-hybridized carbons (Fsp3) is 0.800. The number of carbonyl (C=O) groups is 2. The highest BCUT2D eigenvalue weighted by molar-refractivity contribution is 7.84. The maximum Gasteiger partial charge on any atom is 0.245 e. The van der Waals surface area contributed by atoms with Crippen LogP contribution in [0.5, 0.6) is 0 Å². The zero-order valence-corrected chi connectivity index (χ0v) is 10.1. The Hall–Kier alpha value is -0.910. The fourth-order valence-electron chi connectivity index (χ4n) is 2.31. The number of carbonyl (C=O) groups excluding carboxylic acids is 2. The number of rotatable bonds is 3. The van der Waals surface area contributed by atoms with Crippen molar-refractivity contribution < 1.29 is 13.8 Å². The van der Waals surface area contributed by atoms with E-state index in [2.05, 4.69) is 5.32 Å². The Morgan fingerprint density at radius 2 is 2.25 bits per heavy atom. The van der Waals surface area contributed by atoms with E-state index >= 15 is 0 Å². The summed E-state index contributed by atoms with van der Waals surface area (Å²) < 4.78 is 11.0. The van der Waals surface area contributed by atoms with Crippen molar-refractivity contribution in [3.8, 4) is 0 Å². The van der Waals surface area contributed by atoms with Crippen molar-refractivity contribution in [3.05, 3.63) is 0 Å². The Morgan fingerprint density at radius 1 is 1.50 bits per heavy atom. The lowest BCUT2D eigenvalue weighted by atomic mass is 10.1. The zero-order valence-electron chi connectivity index (χ0n) is 9.27. The van der Waals surface area contributed by atoms with Crippen molar-refractivity contribution in [2.45, 2.75) is 31.3 Å². The molecular weight excluding hydrogens is 228 g/mol. The van der Waals surface area contributed by atoms with Crippen LogP contribution in [-0.4, -0.2) is 51.6 Å². The summed E-state index contributed by atoms with van der Waals surface area (Å²) in [7, 11) is -0.922. The van der Waals surface area contributed by atoms with Crippen LogP contribution in [0.4, 0.5) is 0 Å². The van der Waals surface area contributed by atoms with Gasteiger partial charge in [-0.3, -0.25) is 13.8 Å². The Bertz CT molecular complexity index is 345. The molecule has 1 N–H and O–H groups in total. The lowest BCUT2D eigenvalue weighted by molar-refractivity contribution is -0.147. The zero-order chi connectivity index (χ0) is 11.7. The van der Waals surface area contributed by atoms with Gasteiger partial charge in [-0.05, 0) is 19.3 Å². The predicted octanol–water partition coefficient (Wildman–Crippen LogP) is -0.756. The molecule has 2 amide bonds. The smallest absolute Gasteiger partial charge is 0.245 e. The largest absolute Gasteiger partial charge is 0.342 e. The standard InChI is InChI=1S/C10H16N2O3S/c1-16(15)6-4-7-10(14)12-5-2-3-8(12)9(13)11-7/h7-8H,2-6H2,1H3,(H,11,13). The second kappa shape index (κ2) is 4.53. The second-order valence-corrected chi connectivity index (χ2v) is 5.87. The van der Waals surface area contributed by atoms with Crippen molar-refractivity contribution in [1.29, 1.82) is 0 Å². The molecule has 6 heteroatoms. The average molecular weight is 244 g/mol. The third kappa shape index (κ3) is 2.11. The molecule has 2 saturated heterocycles. The lowest BCUT2D eigenvalue weighted by Crippen LogP contribution is -2.61. The Kier molecular flexibility index (Phi) is 3.28. The molecule has 0 radical (unpaired) electrons. The molecule has 5 nitrogen and oxygen atoms in total. The van der Waals surface area contributed by atoms with Crippen LogP contribution in [0.25, 0.3) is 0 Å². The maximum atomic E-state index is 12.0. The van der Waals surface area contributed by atoms with Crippen LogP contribution in [0.2, 0.25) is 0 Å². The number of fused-ring (bicyclic) bond motifs is 1. The molecule has 0 aromatic heterocycles. The van der Waals surface area contributed by atoms with Gasteiger partial charge in [0.05, 0.1) is 0 Å². The van der Waals surface area contributed by atoms with Gasteiger partial charge in [0, 0.05) is 29.4 Å². The number of nitrogens with zero attached hydrogens (tertiary/aromatic N) is 1. The second-order valence-electron chi connectivity index (χ2n) is 4.32. The summed E-state index contributed by atoms with van der Waals surface area (Å²) in [5.41, 5.74) is 0. The van der Waals surface area contributed by atoms with Crippen LogP contribution >= 0.6 is 0 Å². The van der Waals surface area contributed by atoms with E-state index in [1.165, 1.54) is 0 Å². The van der Waals surface area contributed by atoms with Crippen LogP contribution in [0, 0.1) is 0 Å². The van der Waals surface area contributed by atoms with Crippen LogP contribution in [0.1, 0.15) is 19.3 Å². The Balaban J connectivity index is 2.02. The summed E-state index contributed by atoms with van der Waals surface area (Å²) in [6, 6.07) is -0.721. The van der Waals surface area contributed by atoms with Crippen LogP contribution < -0.4 is 5.32 Å². The molecule has 2 aliphatic heterocycles. The first-order valence-corrected chi connectivity index (χ1v) is 7.23. The molecule has 0 aromatic rings. The summed E-state index contributed by atoms with van der Waals surface area (Å²) in [6.07, 6.45) is 3.74. The minimum absolute atomic E-state index is 0.00690. The number of hydrogen-bond acceptors (Lipinski definition) is 3. The molecule has 2 heterocycles. The highest BCUT2D eigenvalue weighted by atomic mass is 32.2. The summed E-state index contributed by atoms with van der Waals surface area (Å²) in [4.78, 5) is 25.3. The SMILES string of the molecule is CS(=O)CCC1NC(=O)C2CCCN2C1=O. The Morgan fingerprint density at radius 3 is 2.94 bits per heavy atom. The minimum atomic E-state index is -0.922. The van der Waals surface area contributed by atoms with E-state index in [-0.39, 0.29) is 17.9 Å². The number of piperazine rings is 1. The third-order valence-electron chi connectivity index (χ3n) is 3.15.